The normalized spacial score (nSPS) is 16.4. The summed E-state index contributed by atoms with van der Waals surface area (Å²) in [5.74, 6) is 0.894. The van der Waals surface area contributed by atoms with Crippen molar-refractivity contribution >= 4 is 11.7 Å². The third kappa shape index (κ3) is 3.91. The molecule has 0 unspecified atom stereocenters. The molecule has 0 atom stereocenters. The average Bonchev–Trinajstić information content (AvgIpc) is 2.46. The summed E-state index contributed by atoms with van der Waals surface area (Å²) in [5, 5.41) is 0. The van der Waals surface area contributed by atoms with Gasteiger partial charge in [-0.1, -0.05) is 37.3 Å². The van der Waals surface area contributed by atoms with Gasteiger partial charge in [-0.05, 0) is 18.8 Å². The predicted molar refractivity (Wildman–Crippen MR) is 75.0 cm³/mol. The van der Waals surface area contributed by atoms with Crippen molar-refractivity contribution in [3.63, 3.8) is 0 Å². The number of hydrogen-bond donors (Lipinski definition) is 0. The van der Waals surface area contributed by atoms with Crippen molar-refractivity contribution in [2.75, 3.05) is 13.1 Å². The molecular formula is C16H21NO2. The summed E-state index contributed by atoms with van der Waals surface area (Å²) in [4.78, 5) is 25.8. The van der Waals surface area contributed by atoms with Gasteiger partial charge in [-0.3, -0.25) is 9.59 Å². The fourth-order valence-corrected chi connectivity index (χ4v) is 2.40. The summed E-state index contributed by atoms with van der Waals surface area (Å²) in [6.45, 7) is 3.92. The van der Waals surface area contributed by atoms with Crippen molar-refractivity contribution < 1.29 is 9.59 Å². The Bertz CT molecular complexity index is 433. The first-order chi connectivity index (χ1) is 9.16. The van der Waals surface area contributed by atoms with E-state index in [2.05, 4.69) is 6.92 Å². The third-order valence-electron chi connectivity index (χ3n) is 3.80. The molecule has 1 aliphatic heterocycles. The molecule has 19 heavy (non-hydrogen) atoms. The lowest BCUT2D eigenvalue weighted by molar-refractivity contribution is -0.132. The van der Waals surface area contributed by atoms with Gasteiger partial charge in [0, 0.05) is 31.5 Å². The highest BCUT2D eigenvalue weighted by Gasteiger charge is 2.20. The minimum absolute atomic E-state index is 0.0549. The second-order valence-electron chi connectivity index (χ2n) is 5.35. The fourth-order valence-electron chi connectivity index (χ4n) is 2.40. The molecule has 1 saturated heterocycles. The van der Waals surface area contributed by atoms with Crippen LogP contribution in [0.3, 0.4) is 0 Å². The minimum atomic E-state index is 0.0549. The summed E-state index contributed by atoms with van der Waals surface area (Å²) in [6.07, 6.45) is 2.81. The van der Waals surface area contributed by atoms with E-state index in [-0.39, 0.29) is 11.7 Å². The van der Waals surface area contributed by atoms with Gasteiger partial charge in [0.05, 0.1) is 0 Å². The molecule has 0 radical (unpaired) electrons. The molecule has 0 bridgehead atoms. The Morgan fingerprint density at radius 1 is 1.11 bits per heavy atom. The van der Waals surface area contributed by atoms with Crippen LogP contribution in [-0.2, 0) is 4.79 Å². The molecule has 1 aromatic rings. The number of carbonyl (C=O) groups is 2. The minimum Gasteiger partial charge on any atom is -0.343 e. The summed E-state index contributed by atoms with van der Waals surface area (Å²) < 4.78 is 0. The van der Waals surface area contributed by atoms with Crippen LogP contribution in [-0.4, -0.2) is 29.7 Å². The molecule has 1 aliphatic rings. The molecule has 2 rings (SSSR count). The maximum Gasteiger partial charge on any atom is 0.223 e. The maximum absolute atomic E-state index is 12.0. The zero-order valence-electron chi connectivity index (χ0n) is 11.5. The average molecular weight is 259 g/mol. The first-order valence-corrected chi connectivity index (χ1v) is 7.03. The number of rotatable bonds is 4. The molecule has 0 aliphatic carbocycles. The zero-order valence-corrected chi connectivity index (χ0v) is 11.5. The van der Waals surface area contributed by atoms with E-state index >= 15 is 0 Å². The molecule has 1 heterocycles. The van der Waals surface area contributed by atoms with Crippen LogP contribution in [0.25, 0.3) is 0 Å². The van der Waals surface area contributed by atoms with E-state index in [0.717, 1.165) is 31.8 Å². The fraction of sp³-hybridized carbons (Fsp3) is 0.500. The van der Waals surface area contributed by atoms with E-state index in [1.807, 2.05) is 23.1 Å². The molecule has 1 amide bonds. The highest BCUT2D eigenvalue weighted by molar-refractivity contribution is 5.97. The summed E-state index contributed by atoms with van der Waals surface area (Å²) in [5.41, 5.74) is 0.697. The lowest BCUT2D eigenvalue weighted by atomic mass is 9.98. The predicted octanol–water partition coefficient (Wildman–Crippen LogP) is 2.91. The first-order valence-electron chi connectivity index (χ1n) is 7.03. The van der Waals surface area contributed by atoms with Crippen LogP contribution in [0.2, 0.25) is 0 Å². The van der Waals surface area contributed by atoms with Crippen LogP contribution in [0.4, 0.5) is 0 Å². The van der Waals surface area contributed by atoms with E-state index in [9.17, 15) is 9.59 Å². The van der Waals surface area contributed by atoms with Crippen molar-refractivity contribution in [2.45, 2.75) is 32.6 Å². The lowest BCUT2D eigenvalue weighted by Crippen LogP contribution is -2.37. The summed E-state index contributed by atoms with van der Waals surface area (Å²) in [6, 6.07) is 9.18. The Morgan fingerprint density at radius 3 is 2.37 bits per heavy atom. The highest BCUT2D eigenvalue weighted by atomic mass is 16.2. The third-order valence-corrected chi connectivity index (χ3v) is 3.80. The van der Waals surface area contributed by atoms with E-state index in [1.54, 1.807) is 12.1 Å². The van der Waals surface area contributed by atoms with Crippen LogP contribution in [0.5, 0.6) is 0 Å². The number of benzene rings is 1. The Balaban J connectivity index is 1.79. The largest absolute Gasteiger partial charge is 0.343 e. The quantitative estimate of drug-likeness (QED) is 0.780. The standard InChI is InChI=1S/C16H21NO2/c1-13-9-11-17(12-10-13)16(19)8-7-15(18)14-5-3-2-4-6-14/h2-6,13H,7-12H2,1H3. The Labute approximate surface area is 114 Å². The van der Waals surface area contributed by atoms with E-state index in [1.165, 1.54) is 0 Å². The zero-order chi connectivity index (χ0) is 13.7. The Hall–Kier alpha value is -1.64. The summed E-state index contributed by atoms with van der Waals surface area (Å²) in [7, 11) is 0. The molecule has 3 heteroatoms. The molecule has 0 N–H and O–H groups in total. The van der Waals surface area contributed by atoms with Crippen molar-refractivity contribution in [3.8, 4) is 0 Å². The van der Waals surface area contributed by atoms with E-state index in [4.69, 9.17) is 0 Å². The van der Waals surface area contributed by atoms with Gasteiger partial charge in [0.15, 0.2) is 5.78 Å². The monoisotopic (exact) mass is 259 g/mol. The van der Waals surface area contributed by atoms with Crippen LogP contribution >= 0.6 is 0 Å². The second-order valence-corrected chi connectivity index (χ2v) is 5.35. The van der Waals surface area contributed by atoms with Gasteiger partial charge in [0.1, 0.15) is 0 Å². The molecule has 1 fully saturated rings. The highest BCUT2D eigenvalue weighted by Crippen LogP contribution is 2.17. The molecular weight excluding hydrogens is 238 g/mol. The van der Waals surface area contributed by atoms with Crippen molar-refractivity contribution in [2.24, 2.45) is 5.92 Å². The smallest absolute Gasteiger partial charge is 0.223 e. The van der Waals surface area contributed by atoms with Crippen molar-refractivity contribution in [1.82, 2.24) is 4.90 Å². The number of likely N-dealkylation sites (tertiary alicyclic amines) is 1. The van der Waals surface area contributed by atoms with Gasteiger partial charge < -0.3 is 4.90 Å². The van der Waals surface area contributed by atoms with E-state index in [0.29, 0.717) is 18.4 Å². The number of amides is 1. The number of nitrogens with zero attached hydrogens (tertiary/aromatic N) is 1. The number of hydrogen-bond acceptors (Lipinski definition) is 2. The molecule has 0 spiro atoms. The van der Waals surface area contributed by atoms with Gasteiger partial charge in [0.2, 0.25) is 5.91 Å². The number of Topliss-reactive ketones (excluding diaryl/α,β-unsaturated/α-hetero) is 1. The number of ketones is 1. The molecule has 0 saturated carbocycles. The van der Waals surface area contributed by atoms with Gasteiger partial charge in [-0.2, -0.15) is 0 Å². The van der Waals surface area contributed by atoms with Gasteiger partial charge in [-0.15, -0.1) is 0 Å². The van der Waals surface area contributed by atoms with Gasteiger partial charge in [0.25, 0.3) is 0 Å². The van der Waals surface area contributed by atoms with Gasteiger partial charge >= 0.3 is 0 Å². The second kappa shape index (κ2) is 6.50. The van der Waals surface area contributed by atoms with Crippen molar-refractivity contribution in [3.05, 3.63) is 35.9 Å². The number of carbonyl (C=O) groups excluding carboxylic acids is 2. The topological polar surface area (TPSA) is 37.4 Å². The number of piperidine rings is 1. The van der Waals surface area contributed by atoms with Gasteiger partial charge in [-0.25, -0.2) is 0 Å². The Morgan fingerprint density at radius 2 is 1.74 bits per heavy atom. The molecule has 1 aromatic carbocycles. The summed E-state index contributed by atoms with van der Waals surface area (Å²) >= 11 is 0. The molecule has 3 nitrogen and oxygen atoms in total. The van der Waals surface area contributed by atoms with Crippen LogP contribution in [0.1, 0.15) is 43.0 Å². The van der Waals surface area contributed by atoms with Crippen LogP contribution in [0, 0.1) is 5.92 Å². The Kier molecular flexibility index (Phi) is 4.72. The molecule has 0 aromatic heterocycles. The maximum atomic E-state index is 12.0. The van der Waals surface area contributed by atoms with Crippen molar-refractivity contribution in [1.29, 1.82) is 0 Å². The van der Waals surface area contributed by atoms with Crippen LogP contribution < -0.4 is 0 Å². The molecule has 102 valence electrons. The first kappa shape index (κ1) is 13.8. The van der Waals surface area contributed by atoms with E-state index < -0.39 is 0 Å². The lowest BCUT2D eigenvalue weighted by Gasteiger charge is -2.30. The SMILES string of the molecule is CC1CCN(C(=O)CCC(=O)c2ccccc2)CC1. The van der Waals surface area contributed by atoms with Crippen LogP contribution in [0.15, 0.2) is 30.3 Å².